The van der Waals surface area contributed by atoms with Gasteiger partial charge < -0.3 is 4.74 Å². The Morgan fingerprint density at radius 3 is 2.20 bits per heavy atom. The lowest BCUT2D eigenvalue weighted by atomic mass is 10.1. The van der Waals surface area contributed by atoms with E-state index in [1.807, 2.05) is 6.92 Å². The first kappa shape index (κ1) is 12.5. The fourth-order valence-corrected chi connectivity index (χ4v) is 2.08. The average molecular weight is 214 g/mol. The fraction of sp³-hybridized carbons (Fsp3) is 0.909. The van der Waals surface area contributed by atoms with Crippen molar-refractivity contribution in [2.75, 3.05) is 27.2 Å². The van der Waals surface area contributed by atoms with Crippen LogP contribution in [0.15, 0.2) is 0 Å². The number of nitrogens with zero attached hydrogens (tertiary/aromatic N) is 2. The summed E-state index contributed by atoms with van der Waals surface area (Å²) in [5.74, 6) is -0.140. The molecule has 3 atom stereocenters. The van der Waals surface area contributed by atoms with Crippen molar-refractivity contribution in [3.63, 3.8) is 0 Å². The number of carbonyl (C=O) groups is 1. The van der Waals surface area contributed by atoms with Gasteiger partial charge in [-0.3, -0.25) is 14.6 Å². The Hall–Kier alpha value is -0.610. The van der Waals surface area contributed by atoms with Crippen LogP contribution in [0.3, 0.4) is 0 Å². The zero-order chi connectivity index (χ0) is 11.6. The smallest absolute Gasteiger partial charge is 0.322 e. The quantitative estimate of drug-likeness (QED) is 0.629. The third-order valence-corrected chi connectivity index (χ3v) is 3.48. The minimum absolute atomic E-state index is 0.131. The molecule has 1 saturated heterocycles. The number of esters is 1. The van der Waals surface area contributed by atoms with E-state index < -0.39 is 0 Å². The van der Waals surface area contributed by atoms with Crippen LogP contribution in [0.1, 0.15) is 20.8 Å². The molecule has 0 spiro atoms. The minimum Gasteiger partial charge on any atom is -0.468 e. The van der Waals surface area contributed by atoms with Crippen LogP contribution in [-0.4, -0.2) is 61.1 Å². The first-order valence-corrected chi connectivity index (χ1v) is 5.51. The van der Waals surface area contributed by atoms with Gasteiger partial charge in [0.2, 0.25) is 0 Å². The average Bonchev–Trinajstić information content (AvgIpc) is 2.23. The summed E-state index contributed by atoms with van der Waals surface area (Å²) in [5, 5.41) is 0. The van der Waals surface area contributed by atoms with Crippen molar-refractivity contribution in [1.82, 2.24) is 9.80 Å². The van der Waals surface area contributed by atoms with Gasteiger partial charge in [0.15, 0.2) is 0 Å². The van der Waals surface area contributed by atoms with Crippen LogP contribution in [0, 0.1) is 0 Å². The van der Waals surface area contributed by atoms with E-state index in [2.05, 4.69) is 30.7 Å². The summed E-state index contributed by atoms with van der Waals surface area (Å²) in [5.41, 5.74) is 0. The topological polar surface area (TPSA) is 32.8 Å². The molecule has 15 heavy (non-hydrogen) atoms. The second-order valence-corrected chi connectivity index (χ2v) is 4.52. The highest BCUT2D eigenvalue weighted by atomic mass is 16.5. The molecule has 0 amide bonds. The van der Waals surface area contributed by atoms with Gasteiger partial charge in [0.1, 0.15) is 6.04 Å². The Morgan fingerprint density at radius 1 is 1.33 bits per heavy atom. The van der Waals surface area contributed by atoms with Crippen molar-refractivity contribution in [1.29, 1.82) is 0 Å². The molecular weight excluding hydrogens is 192 g/mol. The van der Waals surface area contributed by atoms with Crippen molar-refractivity contribution in [2.24, 2.45) is 0 Å². The lowest BCUT2D eigenvalue weighted by molar-refractivity contribution is -0.147. The van der Waals surface area contributed by atoms with E-state index in [4.69, 9.17) is 4.74 Å². The number of hydrogen-bond acceptors (Lipinski definition) is 4. The molecule has 1 rings (SSSR count). The van der Waals surface area contributed by atoms with Crippen molar-refractivity contribution < 1.29 is 9.53 Å². The number of carbonyl (C=O) groups excluding carboxylic acids is 1. The summed E-state index contributed by atoms with van der Waals surface area (Å²) < 4.78 is 4.77. The molecule has 4 heteroatoms. The first-order chi connectivity index (χ1) is 6.97. The van der Waals surface area contributed by atoms with Crippen LogP contribution in [-0.2, 0) is 9.53 Å². The number of rotatable bonds is 2. The predicted octanol–water partition coefficient (Wildman–Crippen LogP) is 0.572. The van der Waals surface area contributed by atoms with E-state index in [1.54, 1.807) is 0 Å². The monoisotopic (exact) mass is 214 g/mol. The second-order valence-electron chi connectivity index (χ2n) is 4.52. The molecule has 0 aromatic heterocycles. The lowest BCUT2D eigenvalue weighted by Gasteiger charge is -2.44. The van der Waals surface area contributed by atoms with Crippen LogP contribution in [0.5, 0.6) is 0 Å². The van der Waals surface area contributed by atoms with Crippen molar-refractivity contribution in [3.8, 4) is 0 Å². The molecule has 88 valence electrons. The van der Waals surface area contributed by atoms with Crippen LogP contribution in [0.25, 0.3) is 0 Å². The minimum atomic E-state index is -0.140. The third kappa shape index (κ3) is 2.69. The lowest BCUT2D eigenvalue weighted by Crippen LogP contribution is -2.58. The third-order valence-electron chi connectivity index (χ3n) is 3.48. The first-order valence-electron chi connectivity index (χ1n) is 5.51. The van der Waals surface area contributed by atoms with E-state index in [-0.39, 0.29) is 12.0 Å². The number of likely N-dealkylation sites (N-methyl/N-ethyl adjacent to an activating group) is 1. The van der Waals surface area contributed by atoms with Crippen LogP contribution in [0.2, 0.25) is 0 Å². The van der Waals surface area contributed by atoms with E-state index in [1.165, 1.54) is 7.11 Å². The van der Waals surface area contributed by atoms with E-state index in [9.17, 15) is 4.79 Å². The van der Waals surface area contributed by atoms with Crippen molar-refractivity contribution >= 4 is 5.97 Å². The zero-order valence-corrected chi connectivity index (χ0v) is 10.4. The van der Waals surface area contributed by atoms with Crippen LogP contribution >= 0.6 is 0 Å². The highest BCUT2D eigenvalue weighted by Gasteiger charge is 2.31. The number of ether oxygens (including phenoxy) is 1. The summed E-state index contributed by atoms with van der Waals surface area (Å²) in [6.45, 7) is 8.14. The van der Waals surface area contributed by atoms with Gasteiger partial charge in [-0.15, -0.1) is 0 Å². The maximum atomic E-state index is 11.4. The molecule has 0 aromatic rings. The van der Waals surface area contributed by atoms with Gasteiger partial charge >= 0.3 is 5.97 Å². The predicted molar refractivity (Wildman–Crippen MR) is 59.7 cm³/mol. The summed E-state index contributed by atoms with van der Waals surface area (Å²) in [4.78, 5) is 16.0. The van der Waals surface area contributed by atoms with E-state index in [0.29, 0.717) is 12.1 Å². The normalized spacial score (nSPS) is 31.3. The molecule has 1 fully saturated rings. The van der Waals surface area contributed by atoms with Gasteiger partial charge in [0.25, 0.3) is 0 Å². The SMILES string of the molecule is COC(=O)C(C)N1CC(C)N(C)C(C)C1. The highest BCUT2D eigenvalue weighted by molar-refractivity contribution is 5.75. The maximum Gasteiger partial charge on any atom is 0.322 e. The number of piperazine rings is 1. The van der Waals surface area contributed by atoms with Crippen molar-refractivity contribution in [3.05, 3.63) is 0 Å². The number of hydrogen-bond donors (Lipinski definition) is 0. The summed E-state index contributed by atoms with van der Waals surface area (Å²) in [7, 11) is 3.58. The maximum absolute atomic E-state index is 11.4. The Balaban J connectivity index is 2.61. The van der Waals surface area contributed by atoms with Gasteiger partial charge in [-0.1, -0.05) is 0 Å². The van der Waals surface area contributed by atoms with Gasteiger partial charge in [-0.2, -0.15) is 0 Å². The fourth-order valence-electron chi connectivity index (χ4n) is 2.08. The molecule has 4 nitrogen and oxygen atoms in total. The van der Waals surface area contributed by atoms with Gasteiger partial charge in [-0.05, 0) is 27.8 Å². The summed E-state index contributed by atoms with van der Waals surface area (Å²) in [6, 6.07) is 0.843. The molecule has 0 aliphatic carbocycles. The standard InChI is InChI=1S/C11H22N2O2/c1-8-6-13(7-9(2)12(8)4)10(3)11(14)15-5/h8-10H,6-7H2,1-5H3. The van der Waals surface area contributed by atoms with Crippen LogP contribution in [0.4, 0.5) is 0 Å². The summed E-state index contributed by atoms with van der Waals surface area (Å²) >= 11 is 0. The van der Waals surface area contributed by atoms with Gasteiger partial charge in [0, 0.05) is 25.2 Å². The molecule has 1 aliphatic rings. The van der Waals surface area contributed by atoms with Gasteiger partial charge in [-0.25, -0.2) is 0 Å². The Kier molecular flexibility index (Phi) is 4.11. The largest absolute Gasteiger partial charge is 0.468 e. The van der Waals surface area contributed by atoms with Crippen molar-refractivity contribution in [2.45, 2.75) is 38.9 Å². The Bertz CT molecular complexity index is 221. The molecular formula is C11H22N2O2. The molecule has 0 radical (unpaired) electrons. The van der Waals surface area contributed by atoms with E-state index >= 15 is 0 Å². The zero-order valence-electron chi connectivity index (χ0n) is 10.4. The molecule has 1 heterocycles. The molecule has 0 aromatic carbocycles. The molecule has 0 saturated carbocycles. The Labute approximate surface area is 92.2 Å². The van der Waals surface area contributed by atoms with Crippen LogP contribution < -0.4 is 0 Å². The second kappa shape index (κ2) is 4.94. The number of methoxy groups -OCH3 is 1. The molecule has 1 aliphatic heterocycles. The molecule has 0 N–H and O–H groups in total. The highest BCUT2D eigenvalue weighted by Crippen LogP contribution is 2.16. The Morgan fingerprint density at radius 2 is 1.80 bits per heavy atom. The molecule has 0 bridgehead atoms. The summed E-state index contributed by atoms with van der Waals surface area (Å²) in [6.07, 6.45) is 0. The molecule has 3 unspecified atom stereocenters. The van der Waals surface area contributed by atoms with Gasteiger partial charge in [0.05, 0.1) is 7.11 Å². The van der Waals surface area contributed by atoms with E-state index in [0.717, 1.165) is 13.1 Å².